The van der Waals surface area contributed by atoms with E-state index in [0.29, 0.717) is 19.5 Å². The van der Waals surface area contributed by atoms with E-state index in [1.54, 1.807) is 14.0 Å². The maximum Gasteiger partial charge on any atom is 0.237 e. The van der Waals surface area contributed by atoms with E-state index in [9.17, 15) is 13.2 Å². The molecule has 1 aliphatic heterocycles. The summed E-state index contributed by atoms with van der Waals surface area (Å²) in [6.07, 6.45) is 2.56. The van der Waals surface area contributed by atoms with Crippen LogP contribution in [0.2, 0.25) is 0 Å². The van der Waals surface area contributed by atoms with E-state index in [4.69, 9.17) is 0 Å². The van der Waals surface area contributed by atoms with Crippen LogP contribution in [-0.2, 0) is 14.8 Å². The molecular weight excluding hydrogens is 290 g/mol. The van der Waals surface area contributed by atoms with Gasteiger partial charge in [0.15, 0.2) is 0 Å². The topological polar surface area (TPSA) is 78.5 Å². The minimum Gasteiger partial charge on any atom is -0.355 e. The van der Waals surface area contributed by atoms with E-state index >= 15 is 0 Å². The van der Waals surface area contributed by atoms with Crippen LogP contribution in [0, 0.1) is 0 Å². The Bertz CT molecular complexity index is 369. The zero-order valence-corrected chi connectivity index (χ0v) is 13.1. The summed E-state index contributed by atoms with van der Waals surface area (Å²) in [4.78, 5) is 11.6. The Balaban J connectivity index is 0.00000324. The molecule has 1 aliphatic rings. The highest BCUT2D eigenvalue weighted by Gasteiger charge is 2.21. The van der Waals surface area contributed by atoms with Gasteiger partial charge in [0.1, 0.15) is 0 Å². The first-order valence-electron chi connectivity index (χ1n) is 6.42. The summed E-state index contributed by atoms with van der Waals surface area (Å²) in [6, 6.07) is -0.0675. The molecule has 1 unspecified atom stereocenters. The van der Waals surface area contributed by atoms with Crippen LogP contribution in [0.3, 0.4) is 0 Å². The number of hydrogen-bond donors (Lipinski definition) is 2. The number of halogens is 1. The summed E-state index contributed by atoms with van der Waals surface area (Å²) in [6.45, 7) is 3.48. The number of nitrogens with one attached hydrogen (secondary N) is 2. The number of carbonyl (C=O) groups is 1. The molecule has 0 bridgehead atoms. The lowest BCUT2D eigenvalue weighted by Gasteiger charge is -2.16. The standard InChI is InChI=1S/C11H23N3O3S.ClH/c1-3-18(16,17)14(2)9-5-8-13-11(15)10-6-4-7-12-10;/h10,12H,3-9H2,1-2H3,(H,13,15);1H. The van der Waals surface area contributed by atoms with Crippen molar-refractivity contribution in [3.63, 3.8) is 0 Å². The van der Waals surface area contributed by atoms with Crippen LogP contribution in [0.1, 0.15) is 26.2 Å². The summed E-state index contributed by atoms with van der Waals surface area (Å²) in [7, 11) is -1.54. The van der Waals surface area contributed by atoms with Crippen molar-refractivity contribution in [2.45, 2.75) is 32.2 Å². The van der Waals surface area contributed by atoms with Gasteiger partial charge in [-0.1, -0.05) is 0 Å². The van der Waals surface area contributed by atoms with E-state index in [1.165, 1.54) is 4.31 Å². The van der Waals surface area contributed by atoms with Crippen LogP contribution in [0.4, 0.5) is 0 Å². The molecule has 6 nitrogen and oxygen atoms in total. The molecule has 1 heterocycles. The molecule has 1 amide bonds. The Labute approximate surface area is 121 Å². The Hall–Kier alpha value is -0.370. The molecule has 0 saturated carbocycles. The lowest BCUT2D eigenvalue weighted by atomic mass is 10.2. The van der Waals surface area contributed by atoms with E-state index < -0.39 is 10.0 Å². The summed E-state index contributed by atoms with van der Waals surface area (Å²) in [5.41, 5.74) is 0. The highest BCUT2D eigenvalue weighted by atomic mass is 35.5. The fraction of sp³-hybridized carbons (Fsp3) is 0.909. The number of nitrogens with zero attached hydrogens (tertiary/aromatic N) is 1. The predicted octanol–water partition coefficient (Wildman–Crippen LogP) is -0.0520. The Morgan fingerprint density at radius 2 is 2.16 bits per heavy atom. The van der Waals surface area contributed by atoms with Crippen LogP contribution in [0.15, 0.2) is 0 Å². The van der Waals surface area contributed by atoms with Crippen LogP contribution >= 0.6 is 12.4 Å². The van der Waals surface area contributed by atoms with Crippen molar-refractivity contribution in [2.75, 3.05) is 32.4 Å². The molecule has 1 atom stereocenters. The number of carbonyl (C=O) groups excluding carboxylic acids is 1. The molecule has 0 aromatic heterocycles. The van der Waals surface area contributed by atoms with Gasteiger partial charge >= 0.3 is 0 Å². The van der Waals surface area contributed by atoms with Crippen LogP contribution in [0.25, 0.3) is 0 Å². The molecule has 1 rings (SSSR count). The predicted molar refractivity (Wildman–Crippen MR) is 78.0 cm³/mol. The van der Waals surface area contributed by atoms with E-state index in [0.717, 1.165) is 19.4 Å². The number of sulfonamides is 1. The second-order valence-electron chi connectivity index (χ2n) is 4.52. The highest BCUT2D eigenvalue weighted by molar-refractivity contribution is 7.89. The molecule has 1 fully saturated rings. The SMILES string of the molecule is CCS(=O)(=O)N(C)CCCNC(=O)C1CCCN1.Cl. The van der Waals surface area contributed by atoms with Crippen LogP contribution < -0.4 is 10.6 Å². The van der Waals surface area contributed by atoms with Crippen molar-refractivity contribution < 1.29 is 13.2 Å². The van der Waals surface area contributed by atoms with Gasteiger partial charge < -0.3 is 10.6 Å². The minimum absolute atomic E-state index is 0. The van der Waals surface area contributed by atoms with Gasteiger partial charge in [-0.15, -0.1) is 12.4 Å². The molecule has 1 saturated heterocycles. The van der Waals surface area contributed by atoms with Gasteiger partial charge in [-0.05, 0) is 32.7 Å². The first-order chi connectivity index (χ1) is 8.47. The fourth-order valence-corrected chi connectivity index (χ4v) is 2.75. The second-order valence-corrected chi connectivity index (χ2v) is 6.88. The smallest absolute Gasteiger partial charge is 0.237 e. The quantitative estimate of drug-likeness (QED) is 0.646. The molecule has 2 N–H and O–H groups in total. The molecule has 0 aromatic carbocycles. The Kier molecular flexibility index (Phi) is 8.56. The molecule has 0 aromatic rings. The average molecular weight is 314 g/mol. The maximum atomic E-state index is 11.6. The third-order valence-corrected chi connectivity index (χ3v) is 5.03. The number of hydrogen-bond acceptors (Lipinski definition) is 4. The lowest BCUT2D eigenvalue weighted by molar-refractivity contribution is -0.122. The van der Waals surface area contributed by atoms with Crippen LogP contribution in [-0.4, -0.2) is 57.1 Å². The summed E-state index contributed by atoms with van der Waals surface area (Å²) in [5.74, 6) is 0.135. The Morgan fingerprint density at radius 3 is 2.68 bits per heavy atom. The third kappa shape index (κ3) is 6.07. The monoisotopic (exact) mass is 313 g/mol. The lowest BCUT2D eigenvalue weighted by Crippen LogP contribution is -2.41. The molecular formula is C11H24ClN3O3S. The third-order valence-electron chi connectivity index (χ3n) is 3.17. The van der Waals surface area contributed by atoms with Crippen molar-refractivity contribution in [3.8, 4) is 0 Å². The van der Waals surface area contributed by atoms with Gasteiger partial charge in [0, 0.05) is 20.1 Å². The first kappa shape index (κ1) is 18.6. The summed E-state index contributed by atoms with van der Waals surface area (Å²) < 4.78 is 24.3. The van der Waals surface area contributed by atoms with Crippen molar-refractivity contribution >= 4 is 28.3 Å². The van der Waals surface area contributed by atoms with Gasteiger partial charge in [0.05, 0.1) is 11.8 Å². The highest BCUT2D eigenvalue weighted by Crippen LogP contribution is 2.04. The average Bonchev–Trinajstić information content (AvgIpc) is 2.87. The molecule has 0 radical (unpaired) electrons. The molecule has 0 spiro atoms. The van der Waals surface area contributed by atoms with Gasteiger partial charge in [0.2, 0.25) is 15.9 Å². The first-order valence-corrected chi connectivity index (χ1v) is 8.03. The largest absolute Gasteiger partial charge is 0.355 e. The summed E-state index contributed by atoms with van der Waals surface area (Å²) >= 11 is 0. The van der Waals surface area contributed by atoms with Crippen molar-refractivity contribution in [1.29, 1.82) is 0 Å². The zero-order valence-electron chi connectivity index (χ0n) is 11.5. The van der Waals surface area contributed by atoms with E-state index in [2.05, 4.69) is 10.6 Å². The fourth-order valence-electron chi connectivity index (χ4n) is 1.90. The normalized spacial score (nSPS) is 19.2. The van der Waals surface area contributed by atoms with E-state index in [-0.39, 0.29) is 30.1 Å². The van der Waals surface area contributed by atoms with E-state index in [1.807, 2.05) is 0 Å². The minimum atomic E-state index is -3.11. The van der Waals surface area contributed by atoms with Crippen molar-refractivity contribution in [1.82, 2.24) is 14.9 Å². The number of amides is 1. The molecule has 114 valence electrons. The second kappa shape index (κ2) is 8.73. The Morgan fingerprint density at radius 1 is 1.47 bits per heavy atom. The van der Waals surface area contributed by atoms with Gasteiger partial charge in [0.25, 0.3) is 0 Å². The molecule has 19 heavy (non-hydrogen) atoms. The number of rotatable bonds is 7. The van der Waals surface area contributed by atoms with Gasteiger partial charge in [-0.3, -0.25) is 4.79 Å². The van der Waals surface area contributed by atoms with Crippen molar-refractivity contribution in [3.05, 3.63) is 0 Å². The van der Waals surface area contributed by atoms with Gasteiger partial charge in [-0.25, -0.2) is 12.7 Å². The summed E-state index contributed by atoms with van der Waals surface area (Å²) in [5, 5.41) is 5.95. The van der Waals surface area contributed by atoms with Gasteiger partial charge in [-0.2, -0.15) is 0 Å². The zero-order chi connectivity index (χ0) is 13.6. The van der Waals surface area contributed by atoms with Crippen molar-refractivity contribution in [2.24, 2.45) is 0 Å². The molecule has 8 heteroatoms. The van der Waals surface area contributed by atoms with Crippen LogP contribution in [0.5, 0.6) is 0 Å². The molecule has 0 aliphatic carbocycles. The maximum absolute atomic E-state index is 11.6.